The molecule has 0 atom stereocenters. The van der Waals surface area contributed by atoms with Crippen molar-refractivity contribution in [2.45, 2.75) is 78.7 Å². The summed E-state index contributed by atoms with van der Waals surface area (Å²) in [6.45, 7) is 11.7. The van der Waals surface area contributed by atoms with Gasteiger partial charge in [0.2, 0.25) is 0 Å². The second-order valence-corrected chi connectivity index (χ2v) is 11.7. The largest absolute Gasteiger partial charge is 0.443 e. The molecule has 0 unspecified atom stereocenters. The molecule has 4 rings (SSSR count). The Hall–Kier alpha value is -4.42. The molecule has 1 N–H and O–H groups in total. The molecule has 0 bridgehead atoms. The van der Waals surface area contributed by atoms with Gasteiger partial charge in [-0.1, -0.05) is 12.1 Å². The Morgan fingerprint density at radius 2 is 1.60 bits per heavy atom. The van der Waals surface area contributed by atoms with E-state index in [0.717, 1.165) is 6.08 Å². The highest BCUT2D eigenvalue weighted by Gasteiger charge is 2.36. The number of fused-ring (bicyclic) bond motifs is 1. The fourth-order valence-corrected chi connectivity index (χ4v) is 4.14. The minimum Gasteiger partial charge on any atom is -0.443 e. The van der Waals surface area contributed by atoms with Crippen LogP contribution in [-0.2, 0) is 9.47 Å². The van der Waals surface area contributed by atoms with Gasteiger partial charge in [-0.3, -0.25) is 0 Å². The Labute approximate surface area is 241 Å². The number of carbonyl (C=O) groups excluding carboxylic acids is 2. The molecule has 1 aliphatic rings. The van der Waals surface area contributed by atoms with Crippen LogP contribution in [-0.4, -0.2) is 49.1 Å². The van der Waals surface area contributed by atoms with Gasteiger partial charge in [0.15, 0.2) is 11.6 Å². The lowest BCUT2D eigenvalue weighted by molar-refractivity contribution is -0.0941. The maximum Gasteiger partial charge on any atom is 0.425 e. The minimum absolute atomic E-state index is 0.0671. The first-order valence-electron chi connectivity index (χ1n) is 13.2. The Morgan fingerprint density at radius 1 is 0.952 bits per heavy atom. The van der Waals surface area contributed by atoms with Crippen molar-refractivity contribution in [1.29, 1.82) is 0 Å². The molecule has 0 spiro atoms. The smallest absolute Gasteiger partial charge is 0.425 e. The molecule has 42 heavy (non-hydrogen) atoms. The van der Waals surface area contributed by atoms with Crippen molar-refractivity contribution in [2.75, 3.05) is 10.2 Å². The van der Waals surface area contributed by atoms with E-state index in [1.54, 1.807) is 65.2 Å². The zero-order valence-corrected chi connectivity index (χ0v) is 24.5. The SMILES string of the molecule is Cc1nn2ccccc2c1-c1nc(NC2=CC=C(C(F)(F)F)CC2)cc(N(C(=O)OC(C)(C)C)C(=O)OC(C)(C)C)n1. The van der Waals surface area contributed by atoms with E-state index in [9.17, 15) is 22.8 Å². The molecule has 224 valence electrons. The number of carbonyl (C=O) groups is 2. The number of nitrogens with one attached hydrogen (secondary N) is 1. The van der Waals surface area contributed by atoms with Gasteiger partial charge in [0.1, 0.15) is 17.0 Å². The maximum absolute atomic E-state index is 13.4. The third-order valence-corrected chi connectivity index (χ3v) is 5.83. The summed E-state index contributed by atoms with van der Waals surface area (Å²) in [4.78, 5) is 36.6. The number of halogens is 3. The van der Waals surface area contributed by atoms with Crippen molar-refractivity contribution in [2.24, 2.45) is 0 Å². The molecule has 3 aromatic rings. The first-order chi connectivity index (χ1) is 19.4. The van der Waals surface area contributed by atoms with E-state index in [-0.39, 0.29) is 30.3 Å². The van der Waals surface area contributed by atoms with E-state index in [0.29, 0.717) is 27.4 Å². The third kappa shape index (κ3) is 7.25. The van der Waals surface area contributed by atoms with Crippen LogP contribution in [0.15, 0.2) is 53.9 Å². The second-order valence-electron chi connectivity index (χ2n) is 11.7. The Morgan fingerprint density at radius 3 is 2.14 bits per heavy atom. The van der Waals surface area contributed by atoms with Crippen molar-refractivity contribution in [3.8, 4) is 11.4 Å². The number of alkyl halides is 3. The highest BCUT2D eigenvalue weighted by Crippen LogP contribution is 2.34. The van der Waals surface area contributed by atoms with E-state index in [1.807, 2.05) is 12.1 Å². The van der Waals surface area contributed by atoms with Crippen LogP contribution < -0.4 is 10.2 Å². The normalized spacial score (nSPS) is 14.2. The molecule has 3 heterocycles. The fraction of sp³-hybridized carbons (Fsp3) is 0.414. The van der Waals surface area contributed by atoms with Gasteiger partial charge >= 0.3 is 18.4 Å². The molecular formula is C29H33F3N6O4. The van der Waals surface area contributed by atoms with E-state index < -0.39 is 35.1 Å². The Kier molecular flexibility index (Phi) is 8.07. The van der Waals surface area contributed by atoms with Crippen LogP contribution in [0, 0.1) is 6.92 Å². The molecular weight excluding hydrogens is 553 g/mol. The summed E-state index contributed by atoms with van der Waals surface area (Å²) < 4.78 is 52.1. The van der Waals surface area contributed by atoms with Crippen molar-refractivity contribution < 1.29 is 32.2 Å². The van der Waals surface area contributed by atoms with Crippen LogP contribution in [0.5, 0.6) is 0 Å². The number of imide groups is 1. The predicted octanol–water partition coefficient (Wildman–Crippen LogP) is 7.35. The molecule has 0 saturated carbocycles. The Bertz CT molecular complexity index is 1550. The van der Waals surface area contributed by atoms with Crippen LogP contribution in [0.4, 0.5) is 34.4 Å². The van der Waals surface area contributed by atoms with Crippen LogP contribution in [0.1, 0.15) is 60.1 Å². The second kappa shape index (κ2) is 11.1. The standard InChI is InChI=1S/C29H33F3N6O4/c1-17-23(20-10-8-9-15-37(20)36-17)24-34-21(33-19-13-11-18(12-14-19)29(30,31)32)16-22(35-24)38(25(39)41-27(2,3)4)26(40)42-28(5,6)7/h8-11,13,15-16H,12,14H2,1-7H3,(H,33,34,35). The molecule has 0 aromatic carbocycles. The van der Waals surface area contributed by atoms with Crippen LogP contribution >= 0.6 is 0 Å². The quantitative estimate of drug-likeness (QED) is 0.338. The van der Waals surface area contributed by atoms with E-state index in [4.69, 9.17) is 9.47 Å². The number of hydrogen-bond acceptors (Lipinski definition) is 8. The minimum atomic E-state index is -4.42. The van der Waals surface area contributed by atoms with Gasteiger partial charge in [-0.2, -0.15) is 23.2 Å². The fourth-order valence-electron chi connectivity index (χ4n) is 4.14. The maximum atomic E-state index is 13.4. The lowest BCUT2D eigenvalue weighted by Crippen LogP contribution is -2.44. The van der Waals surface area contributed by atoms with E-state index in [1.165, 1.54) is 12.1 Å². The zero-order valence-electron chi connectivity index (χ0n) is 24.5. The molecule has 0 fully saturated rings. The topological polar surface area (TPSA) is 111 Å². The highest BCUT2D eigenvalue weighted by atomic mass is 19.4. The summed E-state index contributed by atoms with van der Waals surface area (Å²) in [5.41, 5.74) is -0.332. The van der Waals surface area contributed by atoms with Crippen LogP contribution in [0.25, 0.3) is 16.9 Å². The number of hydrogen-bond donors (Lipinski definition) is 1. The van der Waals surface area contributed by atoms with Crippen LogP contribution in [0.3, 0.4) is 0 Å². The van der Waals surface area contributed by atoms with Crippen LogP contribution in [0.2, 0.25) is 0 Å². The van der Waals surface area contributed by atoms with Gasteiger partial charge in [0.05, 0.1) is 16.8 Å². The first kappa shape index (κ1) is 30.5. The van der Waals surface area contributed by atoms with Gasteiger partial charge in [0, 0.05) is 23.5 Å². The number of nitrogens with zero attached hydrogens (tertiary/aromatic N) is 5. The number of allylic oxidation sites excluding steroid dienone is 4. The molecule has 13 heteroatoms. The summed E-state index contributed by atoms with van der Waals surface area (Å²) in [6.07, 6.45) is -2.54. The van der Waals surface area contributed by atoms with Gasteiger partial charge < -0.3 is 14.8 Å². The molecule has 2 amide bonds. The number of aromatic nitrogens is 4. The van der Waals surface area contributed by atoms with Crippen molar-refractivity contribution in [1.82, 2.24) is 19.6 Å². The molecule has 0 saturated heterocycles. The van der Waals surface area contributed by atoms with Gasteiger partial charge in [-0.25, -0.2) is 24.1 Å². The number of aryl methyl sites for hydroxylation is 1. The summed E-state index contributed by atoms with van der Waals surface area (Å²) in [6, 6.07) is 6.76. The van der Waals surface area contributed by atoms with Crippen molar-refractivity contribution >= 4 is 29.3 Å². The summed E-state index contributed by atoms with van der Waals surface area (Å²) in [7, 11) is 0. The average molecular weight is 587 g/mol. The average Bonchev–Trinajstić information content (AvgIpc) is 3.17. The number of amides is 2. The molecule has 10 nitrogen and oxygen atoms in total. The summed E-state index contributed by atoms with van der Waals surface area (Å²) in [5.74, 6) is 0.0919. The zero-order chi connectivity index (χ0) is 31.0. The first-order valence-corrected chi connectivity index (χ1v) is 13.2. The third-order valence-electron chi connectivity index (χ3n) is 5.83. The van der Waals surface area contributed by atoms with E-state index >= 15 is 0 Å². The monoisotopic (exact) mass is 586 g/mol. The predicted molar refractivity (Wildman–Crippen MR) is 151 cm³/mol. The molecule has 0 aliphatic heterocycles. The van der Waals surface area contributed by atoms with Crippen molar-refractivity contribution in [3.05, 3.63) is 59.6 Å². The van der Waals surface area contributed by atoms with Crippen molar-refractivity contribution in [3.63, 3.8) is 0 Å². The summed E-state index contributed by atoms with van der Waals surface area (Å²) >= 11 is 0. The van der Waals surface area contributed by atoms with Gasteiger partial charge in [0.25, 0.3) is 0 Å². The number of anilines is 2. The number of rotatable bonds is 4. The van der Waals surface area contributed by atoms with Gasteiger partial charge in [-0.15, -0.1) is 0 Å². The Balaban J connectivity index is 1.88. The molecule has 0 radical (unpaired) electrons. The van der Waals surface area contributed by atoms with E-state index in [2.05, 4.69) is 20.4 Å². The summed E-state index contributed by atoms with van der Waals surface area (Å²) in [5, 5.41) is 7.53. The number of ether oxygens (including phenoxy) is 2. The number of pyridine rings is 1. The highest BCUT2D eigenvalue weighted by molar-refractivity contribution is 6.09. The van der Waals surface area contributed by atoms with Gasteiger partial charge in [-0.05, 0) is 79.5 Å². The molecule has 1 aliphatic carbocycles. The lowest BCUT2D eigenvalue weighted by Gasteiger charge is -2.28. The lowest BCUT2D eigenvalue weighted by atomic mass is 10.0. The molecule has 3 aromatic heterocycles.